The first-order valence-corrected chi connectivity index (χ1v) is 11.4. The van der Waals surface area contributed by atoms with Crippen molar-refractivity contribution in [1.82, 2.24) is 15.2 Å². The standard InChI is InChI=1S/C13H14N2O2.C6H11NO5S/c16-13-12-2-1-10(7-9(12)3-6-15-13)17-11-4-5-14-8-11;1-13(10,11)12-5-2-3-7(4-5)6(8)9/h1-3,6-7,11,14H,4-5,8H2,(H,15,16);5H,2-4H2,1H3,(H,8,9)/t11-;5-/m01/s1. The maximum atomic E-state index is 11.5. The maximum absolute atomic E-state index is 11.5. The number of pyridine rings is 1. The van der Waals surface area contributed by atoms with Gasteiger partial charge in [-0.3, -0.25) is 8.98 Å². The van der Waals surface area contributed by atoms with Crippen LogP contribution in [0.3, 0.4) is 0 Å². The summed E-state index contributed by atoms with van der Waals surface area (Å²) in [5.41, 5.74) is -0.0587. The van der Waals surface area contributed by atoms with Crippen molar-refractivity contribution in [3.8, 4) is 5.75 Å². The van der Waals surface area contributed by atoms with Crippen molar-refractivity contribution in [3.63, 3.8) is 0 Å². The largest absolute Gasteiger partial charge is 0.489 e. The highest BCUT2D eigenvalue weighted by Gasteiger charge is 2.28. The highest BCUT2D eigenvalue weighted by molar-refractivity contribution is 7.86. The monoisotopic (exact) mass is 439 g/mol. The molecule has 2 aromatic rings. The summed E-state index contributed by atoms with van der Waals surface area (Å²) < 4.78 is 31.8. The van der Waals surface area contributed by atoms with Crippen LogP contribution in [0.2, 0.25) is 0 Å². The van der Waals surface area contributed by atoms with Crippen molar-refractivity contribution in [1.29, 1.82) is 0 Å². The average Bonchev–Trinajstić information content (AvgIpc) is 3.33. The Labute approximate surface area is 173 Å². The number of rotatable bonds is 4. The molecule has 4 rings (SSSR count). The molecule has 1 amide bonds. The van der Waals surface area contributed by atoms with Crippen LogP contribution in [0.4, 0.5) is 4.79 Å². The Kier molecular flexibility index (Phi) is 6.95. The van der Waals surface area contributed by atoms with E-state index in [1.165, 1.54) is 0 Å². The van der Waals surface area contributed by atoms with Gasteiger partial charge in [-0.05, 0) is 49.0 Å². The molecular formula is C19H25N3O7S. The van der Waals surface area contributed by atoms with E-state index in [4.69, 9.17) is 9.84 Å². The van der Waals surface area contributed by atoms with Gasteiger partial charge in [0.2, 0.25) is 0 Å². The Morgan fingerprint density at radius 2 is 2.03 bits per heavy atom. The molecule has 0 radical (unpaired) electrons. The second-order valence-electron chi connectivity index (χ2n) is 7.23. The van der Waals surface area contributed by atoms with Gasteiger partial charge in [0.15, 0.2) is 0 Å². The van der Waals surface area contributed by atoms with Crippen LogP contribution in [0.25, 0.3) is 10.8 Å². The molecule has 3 N–H and O–H groups in total. The van der Waals surface area contributed by atoms with Crippen LogP contribution >= 0.6 is 0 Å². The van der Waals surface area contributed by atoms with Crippen LogP contribution in [-0.2, 0) is 14.3 Å². The summed E-state index contributed by atoms with van der Waals surface area (Å²) in [6.45, 7) is 2.36. The normalized spacial score (nSPS) is 21.3. The van der Waals surface area contributed by atoms with Gasteiger partial charge in [-0.2, -0.15) is 8.42 Å². The van der Waals surface area contributed by atoms with Gasteiger partial charge in [0.1, 0.15) is 11.9 Å². The molecule has 2 aliphatic heterocycles. The molecule has 11 heteroatoms. The summed E-state index contributed by atoms with van der Waals surface area (Å²) in [5, 5.41) is 13.4. The minimum absolute atomic E-state index is 0.0587. The quantitative estimate of drug-likeness (QED) is 0.600. The smallest absolute Gasteiger partial charge is 0.407 e. The Morgan fingerprint density at radius 1 is 1.23 bits per heavy atom. The van der Waals surface area contributed by atoms with Crippen LogP contribution in [0, 0.1) is 0 Å². The predicted octanol–water partition coefficient (Wildman–Crippen LogP) is 0.984. The molecular weight excluding hydrogens is 414 g/mol. The molecule has 1 aromatic carbocycles. The molecule has 0 saturated carbocycles. The number of aromatic amines is 1. The van der Waals surface area contributed by atoms with E-state index in [-0.39, 0.29) is 18.2 Å². The van der Waals surface area contributed by atoms with Crippen molar-refractivity contribution >= 4 is 27.0 Å². The number of nitrogens with one attached hydrogen (secondary N) is 2. The first-order chi connectivity index (χ1) is 14.2. The summed E-state index contributed by atoms with van der Waals surface area (Å²) in [6.07, 6.45) is 2.76. The number of hydrogen-bond acceptors (Lipinski definition) is 7. The minimum atomic E-state index is -3.48. The van der Waals surface area contributed by atoms with Crippen molar-refractivity contribution in [2.24, 2.45) is 0 Å². The van der Waals surface area contributed by atoms with E-state index in [9.17, 15) is 18.0 Å². The van der Waals surface area contributed by atoms with Crippen molar-refractivity contribution in [2.45, 2.75) is 25.0 Å². The fraction of sp³-hybridized carbons (Fsp3) is 0.474. The Morgan fingerprint density at radius 3 is 2.67 bits per heavy atom. The number of amides is 1. The molecule has 0 unspecified atom stereocenters. The second kappa shape index (κ2) is 9.45. The third-order valence-electron chi connectivity index (χ3n) is 4.79. The maximum Gasteiger partial charge on any atom is 0.407 e. The summed E-state index contributed by atoms with van der Waals surface area (Å²) >= 11 is 0. The number of H-pyrrole nitrogens is 1. The van der Waals surface area contributed by atoms with Crippen molar-refractivity contribution < 1.29 is 27.2 Å². The molecule has 3 heterocycles. The molecule has 2 atom stereocenters. The summed E-state index contributed by atoms with van der Waals surface area (Å²) in [5.74, 6) is 0.830. The Hall–Kier alpha value is -2.63. The number of aromatic nitrogens is 1. The van der Waals surface area contributed by atoms with Gasteiger partial charge < -0.3 is 25.0 Å². The lowest BCUT2D eigenvalue weighted by Crippen LogP contribution is -2.29. The zero-order chi connectivity index (χ0) is 21.7. The van der Waals surface area contributed by atoms with Gasteiger partial charge in [-0.25, -0.2) is 4.79 Å². The summed E-state index contributed by atoms with van der Waals surface area (Å²) in [6, 6.07) is 7.47. The third kappa shape index (κ3) is 6.18. The lowest BCUT2D eigenvalue weighted by molar-refractivity contribution is 0.146. The summed E-state index contributed by atoms with van der Waals surface area (Å²) in [7, 11) is -3.48. The molecule has 30 heavy (non-hydrogen) atoms. The number of likely N-dealkylation sites (tertiary alicyclic amines) is 1. The van der Waals surface area contributed by atoms with E-state index in [1.807, 2.05) is 24.3 Å². The lowest BCUT2D eigenvalue weighted by Gasteiger charge is -2.12. The van der Waals surface area contributed by atoms with Gasteiger partial charge in [0.05, 0.1) is 18.9 Å². The second-order valence-corrected chi connectivity index (χ2v) is 8.83. The van der Waals surface area contributed by atoms with Crippen LogP contribution in [-0.4, -0.2) is 74.1 Å². The molecule has 164 valence electrons. The zero-order valence-electron chi connectivity index (χ0n) is 16.5. The van der Waals surface area contributed by atoms with Crippen LogP contribution in [0.5, 0.6) is 5.75 Å². The fourth-order valence-corrected chi connectivity index (χ4v) is 4.04. The average molecular weight is 439 g/mol. The van der Waals surface area contributed by atoms with Crippen LogP contribution < -0.4 is 15.6 Å². The highest BCUT2D eigenvalue weighted by Crippen LogP contribution is 2.20. The van der Waals surface area contributed by atoms with E-state index in [0.717, 1.165) is 41.8 Å². The molecule has 0 spiro atoms. The SMILES string of the molecule is CS(=O)(=O)O[C@@H]1CCN(C(=O)O)C1.O=c1[nH]ccc2cc(O[C@H]3CCNC3)ccc12. The van der Waals surface area contributed by atoms with Crippen LogP contribution in [0.15, 0.2) is 35.3 Å². The molecule has 0 bridgehead atoms. The topological polar surface area (TPSA) is 138 Å². The van der Waals surface area contributed by atoms with Gasteiger partial charge in [-0.1, -0.05) is 0 Å². The third-order valence-corrected chi connectivity index (χ3v) is 5.41. The molecule has 2 aliphatic rings. The molecule has 2 fully saturated rings. The number of carbonyl (C=O) groups is 1. The van der Waals surface area contributed by atoms with E-state index in [1.54, 1.807) is 6.20 Å². The molecule has 0 aliphatic carbocycles. The first kappa shape index (κ1) is 22.1. The van der Waals surface area contributed by atoms with E-state index in [0.29, 0.717) is 18.4 Å². The molecule has 10 nitrogen and oxygen atoms in total. The van der Waals surface area contributed by atoms with Crippen LogP contribution in [0.1, 0.15) is 12.8 Å². The number of fused-ring (bicyclic) bond motifs is 1. The highest BCUT2D eigenvalue weighted by atomic mass is 32.2. The van der Waals surface area contributed by atoms with Gasteiger partial charge in [0.25, 0.3) is 15.7 Å². The van der Waals surface area contributed by atoms with Gasteiger partial charge in [0, 0.05) is 24.7 Å². The van der Waals surface area contributed by atoms with E-state index in [2.05, 4.69) is 14.5 Å². The van der Waals surface area contributed by atoms with Gasteiger partial charge in [-0.15, -0.1) is 0 Å². The fourth-order valence-electron chi connectivity index (χ4n) is 3.39. The first-order valence-electron chi connectivity index (χ1n) is 9.56. The number of carboxylic acid groups (broad SMARTS) is 1. The number of hydrogen-bond donors (Lipinski definition) is 3. The Balaban J connectivity index is 0.000000178. The summed E-state index contributed by atoms with van der Waals surface area (Å²) in [4.78, 5) is 25.8. The lowest BCUT2D eigenvalue weighted by atomic mass is 10.1. The number of benzene rings is 1. The number of nitrogens with zero attached hydrogens (tertiary/aromatic N) is 1. The van der Waals surface area contributed by atoms with E-state index < -0.39 is 22.3 Å². The molecule has 1 aromatic heterocycles. The zero-order valence-corrected chi connectivity index (χ0v) is 17.4. The van der Waals surface area contributed by atoms with Gasteiger partial charge >= 0.3 is 6.09 Å². The molecule has 2 saturated heterocycles. The van der Waals surface area contributed by atoms with Crippen molar-refractivity contribution in [3.05, 3.63) is 40.8 Å². The number of ether oxygens (including phenoxy) is 1. The predicted molar refractivity (Wildman–Crippen MR) is 110 cm³/mol. The Bertz CT molecular complexity index is 1050. The van der Waals surface area contributed by atoms with E-state index >= 15 is 0 Å². The minimum Gasteiger partial charge on any atom is -0.489 e. The van der Waals surface area contributed by atoms with Crippen molar-refractivity contribution in [2.75, 3.05) is 32.4 Å².